The minimum Gasteiger partial charge on any atom is -0.490 e. The van der Waals surface area contributed by atoms with E-state index in [1.807, 2.05) is 42.1 Å². The van der Waals surface area contributed by atoms with Gasteiger partial charge in [-0.15, -0.1) is 11.8 Å². The second kappa shape index (κ2) is 10.1. The van der Waals surface area contributed by atoms with Gasteiger partial charge < -0.3 is 19.1 Å². The van der Waals surface area contributed by atoms with Crippen molar-refractivity contribution < 1.29 is 19.0 Å². The molecule has 2 unspecified atom stereocenters. The minimum atomic E-state index is 0.109. The van der Waals surface area contributed by atoms with Crippen LogP contribution in [0.2, 0.25) is 0 Å². The van der Waals surface area contributed by atoms with E-state index in [0.717, 1.165) is 60.7 Å². The SMILES string of the molecule is CCc1ccc(SCc2ccc(C(=O)N3C4CCC3CC(Oc3ccc5c(c3)OCO5)C4)cc2)cc1. The molecule has 3 aliphatic rings. The molecule has 2 atom stereocenters. The first-order valence-electron chi connectivity index (χ1n) is 12.9. The third-order valence-corrected chi connectivity index (χ3v) is 8.59. The normalized spacial score (nSPS) is 22.0. The summed E-state index contributed by atoms with van der Waals surface area (Å²) in [4.78, 5) is 16.9. The van der Waals surface area contributed by atoms with E-state index in [0.29, 0.717) is 0 Å². The number of aryl methyl sites for hydroxylation is 1. The van der Waals surface area contributed by atoms with Crippen molar-refractivity contribution in [2.75, 3.05) is 6.79 Å². The Labute approximate surface area is 216 Å². The van der Waals surface area contributed by atoms with Gasteiger partial charge in [-0.25, -0.2) is 0 Å². The van der Waals surface area contributed by atoms with Crippen molar-refractivity contribution in [1.29, 1.82) is 0 Å². The summed E-state index contributed by atoms with van der Waals surface area (Å²) in [6.45, 7) is 2.43. The number of hydrogen-bond donors (Lipinski definition) is 0. The lowest BCUT2D eigenvalue weighted by Crippen LogP contribution is -2.49. The monoisotopic (exact) mass is 501 g/mol. The van der Waals surface area contributed by atoms with E-state index in [-0.39, 0.29) is 30.9 Å². The lowest BCUT2D eigenvalue weighted by Gasteiger charge is -2.39. The fourth-order valence-electron chi connectivity index (χ4n) is 5.58. The Morgan fingerprint density at radius 3 is 2.33 bits per heavy atom. The number of carbonyl (C=O) groups is 1. The zero-order valence-electron chi connectivity index (χ0n) is 20.5. The number of carbonyl (C=O) groups excluding carboxylic acids is 1. The number of hydrogen-bond acceptors (Lipinski definition) is 5. The zero-order valence-corrected chi connectivity index (χ0v) is 21.3. The van der Waals surface area contributed by atoms with Gasteiger partial charge in [0.25, 0.3) is 5.91 Å². The van der Waals surface area contributed by atoms with E-state index >= 15 is 0 Å². The third kappa shape index (κ3) is 4.79. The molecule has 0 aromatic heterocycles. The molecule has 2 fully saturated rings. The number of fused-ring (bicyclic) bond motifs is 3. The second-order valence-corrected chi connectivity index (χ2v) is 10.9. The molecule has 1 amide bonds. The molecule has 3 heterocycles. The number of amides is 1. The zero-order chi connectivity index (χ0) is 24.5. The molecular weight excluding hydrogens is 470 g/mol. The van der Waals surface area contributed by atoms with E-state index < -0.39 is 0 Å². The molecule has 0 aliphatic carbocycles. The van der Waals surface area contributed by atoms with Gasteiger partial charge in [-0.2, -0.15) is 0 Å². The number of benzene rings is 3. The fraction of sp³-hybridized carbons (Fsp3) is 0.367. The molecule has 0 N–H and O–H groups in total. The van der Waals surface area contributed by atoms with Gasteiger partial charge in [-0.3, -0.25) is 4.79 Å². The van der Waals surface area contributed by atoms with Gasteiger partial charge in [0.15, 0.2) is 11.5 Å². The molecule has 2 saturated heterocycles. The quantitative estimate of drug-likeness (QED) is 0.347. The number of ether oxygens (including phenoxy) is 3. The van der Waals surface area contributed by atoms with Crippen LogP contribution in [0, 0.1) is 0 Å². The topological polar surface area (TPSA) is 48.0 Å². The predicted octanol–water partition coefficient (Wildman–Crippen LogP) is 6.48. The molecule has 186 valence electrons. The van der Waals surface area contributed by atoms with Crippen molar-refractivity contribution in [2.45, 2.75) is 67.9 Å². The summed E-state index contributed by atoms with van der Waals surface area (Å²) in [6, 6.07) is 23.2. The highest BCUT2D eigenvalue weighted by Crippen LogP contribution is 2.40. The Kier molecular flexibility index (Phi) is 6.53. The Morgan fingerprint density at radius 2 is 1.61 bits per heavy atom. The Morgan fingerprint density at radius 1 is 0.917 bits per heavy atom. The standard InChI is InChI=1S/C30H31NO4S/c1-2-20-5-12-27(13-6-20)36-18-21-3-7-22(8-4-21)30(32)31-23-9-10-24(31)16-26(15-23)35-25-11-14-28-29(17-25)34-19-33-28/h3-8,11-14,17,23-24,26H,2,9-10,15-16,18-19H2,1H3. The third-order valence-electron chi connectivity index (χ3n) is 7.51. The van der Waals surface area contributed by atoms with Crippen molar-refractivity contribution in [1.82, 2.24) is 4.90 Å². The lowest BCUT2D eigenvalue weighted by atomic mass is 9.98. The first kappa shape index (κ1) is 23.3. The molecule has 5 nitrogen and oxygen atoms in total. The minimum absolute atomic E-state index is 0.109. The number of nitrogens with zero attached hydrogens (tertiary/aromatic N) is 1. The number of rotatable bonds is 7. The molecule has 3 aromatic carbocycles. The molecule has 36 heavy (non-hydrogen) atoms. The summed E-state index contributed by atoms with van der Waals surface area (Å²) < 4.78 is 17.2. The van der Waals surface area contributed by atoms with Gasteiger partial charge in [0.1, 0.15) is 11.9 Å². The van der Waals surface area contributed by atoms with Gasteiger partial charge in [-0.1, -0.05) is 31.2 Å². The molecule has 3 aromatic rings. The van der Waals surface area contributed by atoms with E-state index in [4.69, 9.17) is 14.2 Å². The smallest absolute Gasteiger partial charge is 0.254 e. The first-order chi connectivity index (χ1) is 17.7. The van der Waals surface area contributed by atoms with Crippen molar-refractivity contribution in [3.63, 3.8) is 0 Å². The maximum absolute atomic E-state index is 13.5. The molecule has 6 rings (SSSR count). The largest absolute Gasteiger partial charge is 0.490 e. The summed E-state index contributed by atoms with van der Waals surface area (Å²) in [5.74, 6) is 3.35. The molecule has 0 radical (unpaired) electrons. The van der Waals surface area contributed by atoms with Gasteiger partial charge in [0.05, 0.1) is 0 Å². The fourth-order valence-corrected chi connectivity index (χ4v) is 6.43. The van der Waals surface area contributed by atoms with Crippen LogP contribution in [0.3, 0.4) is 0 Å². The van der Waals surface area contributed by atoms with Crippen LogP contribution in [-0.4, -0.2) is 35.8 Å². The highest BCUT2D eigenvalue weighted by molar-refractivity contribution is 7.98. The van der Waals surface area contributed by atoms with Crippen LogP contribution in [0.25, 0.3) is 0 Å². The van der Waals surface area contributed by atoms with Crippen LogP contribution < -0.4 is 14.2 Å². The van der Waals surface area contributed by atoms with Crippen LogP contribution in [0.4, 0.5) is 0 Å². The van der Waals surface area contributed by atoms with E-state index in [1.54, 1.807) is 0 Å². The summed E-state index contributed by atoms with van der Waals surface area (Å²) >= 11 is 1.83. The molecule has 3 aliphatic heterocycles. The second-order valence-electron chi connectivity index (χ2n) is 9.81. The van der Waals surface area contributed by atoms with Crippen molar-refractivity contribution in [2.24, 2.45) is 0 Å². The van der Waals surface area contributed by atoms with E-state index in [9.17, 15) is 4.79 Å². The Hall–Kier alpha value is -3.12. The average Bonchev–Trinajstić information content (AvgIpc) is 3.49. The summed E-state index contributed by atoms with van der Waals surface area (Å²) in [7, 11) is 0. The van der Waals surface area contributed by atoms with Gasteiger partial charge in [-0.05, 0) is 66.8 Å². The van der Waals surface area contributed by atoms with E-state index in [2.05, 4.69) is 48.2 Å². The summed E-state index contributed by atoms with van der Waals surface area (Å²) in [5.41, 5.74) is 3.37. The number of thioether (sulfide) groups is 1. The first-order valence-corrected chi connectivity index (χ1v) is 13.8. The maximum Gasteiger partial charge on any atom is 0.254 e. The van der Waals surface area contributed by atoms with Crippen LogP contribution in [0.15, 0.2) is 71.6 Å². The molecule has 6 heteroatoms. The summed E-state index contributed by atoms with van der Waals surface area (Å²) in [6.07, 6.45) is 4.99. The van der Waals surface area contributed by atoms with Crippen molar-refractivity contribution >= 4 is 17.7 Å². The van der Waals surface area contributed by atoms with E-state index in [1.165, 1.54) is 16.0 Å². The average molecular weight is 502 g/mol. The van der Waals surface area contributed by atoms with Crippen molar-refractivity contribution in [3.05, 3.63) is 83.4 Å². The lowest BCUT2D eigenvalue weighted by molar-refractivity contribution is 0.0358. The summed E-state index contributed by atoms with van der Waals surface area (Å²) in [5, 5.41) is 0. The predicted molar refractivity (Wildman–Crippen MR) is 141 cm³/mol. The Balaban J connectivity index is 1.06. The van der Waals surface area contributed by atoms with Crippen LogP contribution in [-0.2, 0) is 12.2 Å². The highest BCUT2D eigenvalue weighted by atomic mass is 32.2. The maximum atomic E-state index is 13.5. The molecule has 2 bridgehead atoms. The molecule has 0 saturated carbocycles. The van der Waals surface area contributed by atoms with Crippen LogP contribution in [0.1, 0.15) is 54.1 Å². The van der Waals surface area contributed by atoms with Gasteiger partial charge >= 0.3 is 0 Å². The van der Waals surface area contributed by atoms with Crippen LogP contribution >= 0.6 is 11.8 Å². The highest BCUT2D eigenvalue weighted by Gasteiger charge is 2.44. The molecular formula is C30H31NO4S. The van der Waals surface area contributed by atoms with Gasteiger partial charge in [0.2, 0.25) is 6.79 Å². The van der Waals surface area contributed by atoms with Gasteiger partial charge in [0, 0.05) is 47.2 Å². The molecule has 0 spiro atoms. The van der Waals surface area contributed by atoms with Crippen LogP contribution in [0.5, 0.6) is 17.2 Å². The van der Waals surface area contributed by atoms with Crippen molar-refractivity contribution in [3.8, 4) is 17.2 Å². The Bertz CT molecular complexity index is 1210. The number of piperidine rings is 1.